The van der Waals surface area contributed by atoms with Crippen LogP contribution < -0.4 is 10.2 Å². The molecule has 0 saturated carbocycles. The molecule has 0 bridgehead atoms. The second kappa shape index (κ2) is 8.54. The zero-order valence-electron chi connectivity index (χ0n) is 16.3. The number of hydrogen-bond donors (Lipinski definition) is 1. The van der Waals surface area contributed by atoms with E-state index < -0.39 is 11.7 Å². The molecule has 0 radical (unpaired) electrons. The maximum absolute atomic E-state index is 12.7. The van der Waals surface area contributed by atoms with Gasteiger partial charge in [-0.3, -0.25) is 9.48 Å². The van der Waals surface area contributed by atoms with Gasteiger partial charge in [0.05, 0.1) is 24.0 Å². The van der Waals surface area contributed by atoms with Crippen molar-refractivity contribution in [3.63, 3.8) is 0 Å². The van der Waals surface area contributed by atoms with E-state index in [0.717, 1.165) is 17.8 Å². The summed E-state index contributed by atoms with van der Waals surface area (Å²) in [5.74, 6) is 0.496. The van der Waals surface area contributed by atoms with E-state index in [2.05, 4.69) is 15.4 Å². The van der Waals surface area contributed by atoms with Gasteiger partial charge in [0.2, 0.25) is 5.91 Å². The van der Waals surface area contributed by atoms with Crippen molar-refractivity contribution < 1.29 is 18.0 Å². The van der Waals surface area contributed by atoms with Crippen LogP contribution in [0.4, 0.5) is 18.9 Å². The molecule has 0 spiro atoms. The number of carbonyl (C=O) groups is 1. The van der Waals surface area contributed by atoms with Crippen LogP contribution in [0.1, 0.15) is 18.1 Å². The Balaban J connectivity index is 1.67. The maximum atomic E-state index is 12.7. The van der Waals surface area contributed by atoms with Gasteiger partial charge in [-0.1, -0.05) is 12.1 Å². The molecule has 29 heavy (non-hydrogen) atoms. The SMILES string of the molecule is CCNC(=NCc1ccc(C(F)(F)F)cc1)N1CCN(c2cnn(C)c2)C(=O)C1. The number of halogens is 3. The Hall–Kier alpha value is -3.04. The summed E-state index contributed by atoms with van der Waals surface area (Å²) in [6, 6.07) is 4.94. The third-order valence-electron chi connectivity index (χ3n) is 4.55. The molecule has 1 aliphatic rings. The number of alkyl halides is 3. The van der Waals surface area contributed by atoms with Gasteiger partial charge in [0.15, 0.2) is 5.96 Å². The number of carbonyl (C=O) groups excluding carboxylic acids is 1. The predicted octanol–water partition coefficient (Wildman–Crippen LogP) is 2.25. The highest BCUT2D eigenvalue weighted by Crippen LogP contribution is 2.29. The second-order valence-electron chi connectivity index (χ2n) is 6.70. The van der Waals surface area contributed by atoms with E-state index in [4.69, 9.17) is 0 Å². The van der Waals surface area contributed by atoms with E-state index in [1.807, 2.05) is 11.8 Å². The number of hydrogen-bond acceptors (Lipinski definition) is 3. The Morgan fingerprint density at radius 1 is 1.24 bits per heavy atom. The van der Waals surface area contributed by atoms with Gasteiger partial charge in [-0.05, 0) is 24.6 Å². The van der Waals surface area contributed by atoms with Gasteiger partial charge in [-0.15, -0.1) is 0 Å². The first-order valence-electron chi connectivity index (χ1n) is 9.26. The molecule has 1 amide bonds. The molecule has 1 aromatic carbocycles. The number of piperazine rings is 1. The van der Waals surface area contributed by atoms with Crippen LogP contribution >= 0.6 is 0 Å². The summed E-state index contributed by atoms with van der Waals surface area (Å²) in [6.45, 7) is 3.99. The molecule has 7 nitrogen and oxygen atoms in total. The lowest BCUT2D eigenvalue weighted by Gasteiger charge is -2.35. The average Bonchev–Trinajstić information content (AvgIpc) is 3.10. The first-order valence-corrected chi connectivity index (χ1v) is 9.26. The minimum Gasteiger partial charge on any atom is -0.356 e. The van der Waals surface area contributed by atoms with Crippen LogP contribution in [0.2, 0.25) is 0 Å². The molecule has 156 valence electrons. The molecule has 0 aliphatic carbocycles. The molecule has 3 rings (SSSR count). The van der Waals surface area contributed by atoms with Crippen LogP contribution in [0.25, 0.3) is 0 Å². The molecule has 10 heteroatoms. The van der Waals surface area contributed by atoms with Gasteiger partial charge in [0.25, 0.3) is 0 Å². The molecule has 1 saturated heterocycles. The lowest BCUT2D eigenvalue weighted by Crippen LogP contribution is -2.55. The summed E-state index contributed by atoms with van der Waals surface area (Å²) in [6.07, 6.45) is -0.917. The minimum absolute atomic E-state index is 0.0654. The van der Waals surface area contributed by atoms with Gasteiger partial charge < -0.3 is 15.1 Å². The number of aromatic nitrogens is 2. The summed E-state index contributed by atoms with van der Waals surface area (Å²) < 4.78 is 39.7. The fourth-order valence-electron chi connectivity index (χ4n) is 3.07. The van der Waals surface area contributed by atoms with E-state index in [1.54, 1.807) is 29.0 Å². The van der Waals surface area contributed by atoms with Crippen molar-refractivity contribution in [1.82, 2.24) is 20.0 Å². The summed E-state index contributed by atoms with van der Waals surface area (Å²) in [7, 11) is 1.79. The number of anilines is 1. The lowest BCUT2D eigenvalue weighted by atomic mass is 10.1. The number of amides is 1. The number of aliphatic imine (C=N–C) groups is 1. The van der Waals surface area contributed by atoms with Gasteiger partial charge in [0.1, 0.15) is 6.54 Å². The highest BCUT2D eigenvalue weighted by atomic mass is 19.4. The zero-order valence-corrected chi connectivity index (χ0v) is 16.3. The van der Waals surface area contributed by atoms with Gasteiger partial charge in [-0.25, -0.2) is 4.99 Å². The molecule has 1 N–H and O–H groups in total. The molecule has 0 unspecified atom stereocenters. The average molecular weight is 408 g/mol. The van der Waals surface area contributed by atoms with Crippen LogP contribution in [0.15, 0.2) is 41.7 Å². The zero-order chi connectivity index (χ0) is 21.0. The van der Waals surface area contributed by atoms with Crippen molar-refractivity contribution in [2.24, 2.45) is 12.0 Å². The van der Waals surface area contributed by atoms with E-state index in [9.17, 15) is 18.0 Å². The highest BCUT2D eigenvalue weighted by molar-refractivity contribution is 5.98. The van der Waals surface area contributed by atoms with Crippen LogP contribution in [-0.4, -0.2) is 52.7 Å². The summed E-state index contributed by atoms with van der Waals surface area (Å²) >= 11 is 0. The first-order chi connectivity index (χ1) is 13.8. The Kier molecular flexibility index (Phi) is 6.09. The molecule has 1 aliphatic heterocycles. The van der Waals surface area contributed by atoms with E-state index in [-0.39, 0.29) is 19.0 Å². The molecular weight excluding hydrogens is 385 g/mol. The number of rotatable bonds is 4. The van der Waals surface area contributed by atoms with E-state index in [1.165, 1.54) is 12.1 Å². The number of nitrogens with one attached hydrogen (secondary N) is 1. The Bertz CT molecular complexity index is 875. The van der Waals surface area contributed by atoms with Crippen LogP contribution in [-0.2, 0) is 24.6 Å². The van der Waals surface area contributed by atoms with Crippen molar-refractivity contribution in [3.8, 4) is 0 Å². The Labute approximate surface area is 166 Å². The fraction of sp³-hybridized carbons (Fsp3) is 0.421. The number of guanidine groups is 1. The van der Waals surface area contributed by atoms with Gasteiger partial charge in [-0.2, -0.15) is 18.3 Å². The minimum atomic E-state index is -4.36. The van der Waals surface area contributed by atoms with E-state index >= 15 is 0 Å². The van der Waals surface area contributed by atoms with Crippen molar-refractivity contribution >= 4 is 17.6 Å². The molecule has 2 heterocycles. The topological polar surface area (TPSA) is 65.8 Å². The maximum Gasteiger partial charge on any atom is 0.416 e. The number of benzene rings is 1. The van der Waals surface area contributed by atoms with Crippen LogP contribution in [0.5, 0.6) is 0 Å². The number of aryl methyl sites for hydroxylation is 1. The van der Waals surface area contributed by atoms with Crippen LogP contribution in [0, 0.1) is 0 Å². The largest absolute Gasteiger partial charge is 0.416 e. The predicted molar refractivity (Wildman–Crippen MR) is 103 cm³/mol. The van der Waals surface area contributed by atoms with Crippen molar-refractivity contribution in [3.05, 3.63) is 47.8 Å². The normalized spacial score (nSPS) is 15.8. The smallest absolute Gasteiger partial charge is 0.356 e. The highest BCUT2D eigenvalue weighted by Gasteiger charge is 2.30. The molecule has 0 atom stereocenters. The molecular formula is C19H23F3N6O. The fourth-order valence-corrected chi connectivity index (χ4v) is 3.07. The van der Waals surface area contributed by atoms with Gasteiger partial charge in [0, 0.05) is 32.9 Å². The first kappa shape index (κ1) is 20.7. The summed E-state index contributed by atoms with van der Waals surface area (Å²) in [5.41, 5.74) is 0.729. The third kappa shape index (κ3) is 5.07. The second-order valence-corrected chi connectivity index (χ2v) is 6.70. The Morgan fingerprint density at radius 2 is 1.97 bits per heavy atom. The quantitative estimate of drug-likeness (QED) is 0.623. The van der Waals surface area contributed by atoms with Crippen molar-refractivity contribution in [2.75, 3.05) is 31.1 Å². The molecule has 2 aromatic rings. The van der Waals surface area contributed by atoms with Gasteiger partial charge >= 0.3 is 6.18 Å². The van der Waals surface area contributed by atoms with Crippen molar-refractivity contribution in [2.45, 2.75) is 19.6 Å². The molecule has 1 aromatic heterocycles. The lowest BCUT2D eigenvalue weighted by molar-refractivity contribution is -0.137. The standard InChI is InChI=1S/C19H23F3N6O/c1-3-23-18(24-10-14-4-6-15(7-5-14)19(20,21)22)27-8-9-28(17(29)13-27)16-11-25-26(2)12-16/h4-7,11-12H,3,8-10,13H2,1-2H3,(H,23,24). The Morgan fingerprint density at radius 3 is 2.52 bits per heavy atom. The summed E-state index contributed by atoms with van der Waals surface area (Å²) in [5, 5.41) is 7.24. The van der Waals surface area contributed by atoms with E-state index in [0.29, 0.717) is 31.2 Å². The third-order valence-corrected chi connectivity index (χ3v) is 4.55. The summed E-state index contributed by atoms with van der Waals surface area (Å²) in [4.78, 5) is 20.6. The monoisotopic (exact) mass is 408 g/mol. The number of nitrogens with zero attached hydrogens (tertiary/aromatic N) is 5. The van der Waals surface area contributed by atoms with Crippen LogP contribution in [0.3, 0.4) is 0 Å². The van der Waals surface area contributed by atoms with Crippen molar-refractivity contribution in [1.29, 1.82) is 0 Å². The molecule has 1 fully saturated rings.